The molecule has 18 heteroatoms. The van der Waals surface area contributed by atoms with Crippen molar-refractivity contribution in [2.24, 2.45) is 5.11 Å². The lowest BCUT2D eigenvalue weighted by Gasteiger charge is -2.49. The number of aliphatic hydroxyl groups excluding tert-OH is 3. The van der Waals surface area contributed by atoms with Crippen molar-refractivity contribution in [3.05, 3.63) is 190 Å². The van der Waals surface area contributed by atoms with Gasteiger partial charge in [-0.3, -0.25) is 4.90 Å². The van der Waals surface area contributed by atoms with Gasteiger partial charge in [-0.2, -0.15) is 0 Å². The Morgan fingerprint density at radius 3 is 1.59 bits per heavy atom. The number of ether oxygens (including phenoxy) is 6. The van der Waals surface area contributed by atoms with Gasteiger partial charge in [0, 0.05) is 11.5 Å². The minimum Gasteiger partial charge on any atom is -0.445 e. The molecule has 1 heterocycles. The van der Waals surface area contributed by atoms with Crippen LogP contribution in [-0.2, 0) is 61.4 Å². The minimum absolute atomic E-state index is 0.0190. The molecular formula is C51H56N6O12. The van der Waals surface area contributed by atoms with E-state index in [0.717, 1.165) is 16.7 Å². The first-order chi connectivity index (χ1) is 33.6. The second kappa shape index (κ2) is 24.8. The molecule has 18 nitrogen and oxygen atoms in total. The number of azide groups is 1. The maximum Gasteiger partial charge on any atom is 0.410 e. The summed E-state index contributed by atoms with van der Waals surface area (Å²) in [4.78, 5) is 45.4. The van der Waals surface area contributed by atoms with Crippen molar-refractivity contribution in [2.75, 3.05) is 0 Å². The fourth-order valence-corrected chi connectivity index (χ4v) is 8.31. The highest BCUT2D eigenvalue weighted by molar-refractivity contribution is 5.69. The van der Waals surface area contributed by atoms with E-state index in [1.54, 1.807) is 67.6 Å². The van der Waals surface area contributed by atoms with Crippen LogP contribution in [0.3, 0.4) is 0 Å². The van der Waals surface area contributed by atoms with Crippen LogP contribution >= 0.6 is 0 Å². The van der Waals surface area contributed by atoms with Crippen LogP contribution in [0.25, 0.3) is 10.4 Å². The average molecular weight is 945 g/mol. The number of carbonyl (C=O) groups excluding carboxylic acids is 3. The summed E-state index contributed by atoms with van der Waals surface area (Å²) >= 11 is 0. The van der Waals surface area contributed by atoms with Crippen molar-refractivity contribution in [2.45, 2.75) is 113 Å². The molecule has 1 saturated carbocycles. The summed E-state index contributed by atoms with van der Waals surface area (Å²) in [5, 5.41) is 44.4. The quantitative estimate of drug-likeness (QED) is 0.0268. The third-order valence-electron chi connectivity index (χ3n) is 12.0. The van der Waals surface area contributed by atoms with E-state index in [1.165, 1.54) is 4.90 Å². The second-order valence-electron chi connectivity index (χ2n) is 16.7. The molecule has 2 fully saturated rings. The van der Waals surface area contributed by atoms with Gasteiger partial charge in [0.15, 0.2) is 6.29 Å². The third kappa shape index (κ3) is 13.8. The largest absolute Gasteiger partial charge is 0.445 e. The Kier molecular flexibility index (Phi) is 18.0. The van der Waals surface area contributed by atoms with Gasteiger partial charge in [-0.15, -0.1) is 0 Å². The highest BCUT2D eigenvalue weighted by Gasteiger charge is 2.54. The van der Waals surface area contributed by atoms with Crippen molar-refractivity contribution in [1.29, 1.82) is 0 Å². The zero-order chi connectivity index (χ0) is 48.5. The molecule has 5 N–H and O–H groups in total. The Labute approximate surface area is 399 Å². The molecule has 1 saturated heterocycles. The molecule has 0 aromatic heterocycles. The summed E-state index contributed by atoms with van der Waals surface area (Å²) in [6.45, 7) is 1.63. The average Bonchev–Trinajstić information content (AvgIpc) is 3.38. The summed E-state index contributed by atoms with van der Waals surface area (Å²) in [6.07, 6.45) is -13.6. The van der Waals surface area contributed by atoms with E-state index in [1.807, 2.05) is 91.0 Å². The monoisotopic (exact) mass is 944 g/mol. The first-order valence-corrected chi connectivity index (χ1v) is 22.6. The molecule has 1 aliphatic carbocycles. The molecular weight excluding hydrogens is 889 g/mol. The number of alkyl carbamates (subject to hydrolysis) is 2. The fourth-order valence-electron chi connectivity index (χ4n) is 8.31. The predicted molar refractivity (Wildman–Crippen MR) is 249 cm³/mol. The van der Waals surface area contributed by atoms with E-state index in [4.69, 9.17) is 28.4 Å². The van der Waals surface area contributed by atoms with Crippen LogP contribution in [-0.4, -0.2) is 106 Å². The summed E-state index contributed by atoms with van der Waals surface area (Å²) < 4.78 is 36.4. The number of hydrogen-bond donors (Lipinski definition) is 5. The zero-order valence-electron chi connectivity index (χ0n) is 37.8. The number of hydrogen-bond acceptors (Lipinski definition) is 13. The van der Waals surface area contributed by atoms with Gasteiger partial charge in [0.25, 0.3) is 0 Å². The molecule has 0 radical (unpaired) electrons. The summed E-state index contributed by atoms with van der Waals surface area (Å²) in [6, 6.07) is 40.2. The van der Waals surface area contributed by atoms with Crippen LogP contribution in [0.5, 0.6) is 0 Å². The molecule has 5 aromatic rings. The van der Waals surface area contributed by atoms with Crippen LogP contribution in [0, 0.1) is 0 Å². The normalized spacial score (nSPS) is 24.6. The highest BCUT2D eigenvalue weighted by atomic mass is 16.7. The Morgan fingerprint density at radius 1 is 0.652 bits per heavy atom. The first kappa shape index (κ1) is 49.9. The van der Waals surface area contributed by atoms with E-state index < -0.39 is 85.4 Å². The molecule has 362 valence electrons. The van der Waals surface area contributed by atoms with Crippen LogP contribution < -0.4 is 10.6 Å². The summed E-state index contributed by atoms with van der Waals surface area (Å²) in [7, 11) is 0. The Morgan fingerprint density at radius 2 is 1.10 bits per heavy atom. The Balaban J connectivity index is 1.18. The molecule has 3 amide bonds. The lowest BCUT2D eigenvalue weighted by molar-refractivity contribution is -0.289. The number of nitrogens with one attached hydrogen (secondary N) is 2. The Hall–Kier alpha value is -7.02. The van der Waals surface area contributed by atoms with Crippen LogP contribution in [0.4, 0.5) is 14.4 Å². The smallest absolute Gasteiger partial charge is 0.410 e. The van der Waals surface area contributed by atoms with E-state index in [9.17, 15) is 35.2 Å². The van der Waals surface area contributed by atoms with Gasteiger partial charge in [0.05, 0.1) is 43.0 Å². The fraction of sp³-hybridized carbons (Fsp3) is 0.353. The highest BCUT2D eigenvalue weighted by Crippen LogP contribution is 2.35. The second-order valence-corrected chi connectivity index (χ2v) is 16.7. The number of benzene rings is 5. The summed E-state index contributed by atoms with van der Waals surface area (Å²) in [5.41, 5.74) is 13.6. The third-order valence-corrected chi connectivity index (χ3v) is 12.0. The first-order valence-electron chi connectivity index (χ1n) is 22.6. The van der Waals surface area contributed by atoms with Crippen molar-refractivity contribution in [3.8, 4) is 0 Å². The van der Waals surface area contributed by atoms with Crippen molar-refractivity contribution in [3.63, 3.8) is 0 Å². The zero-order valence-corrected chi connectivity index (χ0v) is 37.8. The molecule has 69 heavy (non-hydrogen) atoms. The number of carbonyl (C=O) groups is 3. The summed E-state index contributed by atoms with van der Waals surface area (Å²) in [5.74, 6) is 0. The van der Waals surface area contributed by atoms with E-state index in [2.05, 4.69) is 20.7 Å². The minimum atomic E-state index is -1.94. The molecule has 2 aliphatic rings. The van der Waals surface area contributed by atoms with Crippen molar-refractivity contribution >= 4 is 18.3 Å². The maximum atomic E-state index is 14.2. The molecule has 0 spiro atoms. The van der Waals surface area contributed by atoms with Gasteiger partial charge >= 0.3 is 18.3 Å². The van der Waals surface area contributed by atoms with Gasteiger partial charge < -0.3 is 54.4 Å². The molecule has 5 aromatic carbocycles. The van der Waals surface area contributed by atoms with Gasteiger partial charge in [-0.25, -0.2) is 14.4 Å². The van der Waals surface area contributed by atoms with Gasteiger partial charge in [0.2, 0.25) is 0 Å². The molecule has 1 unspecified atom stereocenters. The molecule has 7 rings (SSSR count). The Bertz CT molecular complexity index is 2420. The number of nitrogens with zero attached hydrogens (tertiary/aromatic N) is 4. The number of amides is 3. The molecule has 0 bridgehead atoms. The predicted octanol–water partition coefficient (Wildman–Crippen LogP) is 6.66. The van der Waals surface area contributed by atoms with Crippen molar-refractivity contribution in [1.82, 2.24) is 15.5 Å². The molecule has 11 atom stereocenters. The van der Waals surface area contributed by atoms with E-state index >= 15 is 0 Å². The van der Waals surface area contributed by atoms with Crippen LogP contribution in [0.1, 0.15) is 41.2 Å². The lowest BCUT2D eigenvalue weighted by Crippen LogP contribution is -2.73. The van der Waals surface area contributed by atoms with Crippen LogP contribution in [0.15, 0.2) is 157 Å². The number of rotatable bonds is 18. The SMILES string of the molecule is C[C@@H]([C@H]1OC(O[C@H]2[C@H](O)[C@@H](O)[C@H](NC(=O)OCc3ccccc3)[C@@H](O)[C@@H]2NC(=O)OCc2ccccc2)[C@H](N=[N+]=[N-])C[C@@H]1OCc1ccccc1)N(Cc1ccccc1)C(=O)OCc1ccccc1. The lowest BCUT2D eigenvalue weighted by atomic mass is 9.81. The molecule has 1 aliphatic heterocycles. The van der Waals surface area contributed by atoms with Crippen LogP contribution in [0.2, 0.25) is 0 Å². The van der Waals surface area contributed by atoms with Gasteiger partial charge in [0.1, 0.15) is 44.2 Å². The van der Waals surface area contributed by atoms with Gasteiger partial charge in [-0.05, 0) is 46.7 Å². The number of aliphatic hydroxyl groups is 3. The van der Waals surface area contributed by atoms with Gasteiger partial charge in [-0.1, -0.05) is 157 Å². The van der Waals surface area contributed by atoms with E-state index in [-0.39, 0.29) is 39.4 Å². The maximum absolute atomic E-state index is 14.2. The standard InChI is InChI=1S/C51H56N6O12/c1-33(57(28-34-17-7-2-8-18-34)51(63)67-32-38-25-15-6-16-26-38)46-40(64-29-35-19-9-3-10-20-35)27-39(55-56-52)48(68-46)69-47-42(54-50(62)66-31-37-23-13-5-14-24-37)43(58)41(44(59)45(47)60)53-49(61)65-30-36-21-11-4-12-22-36/h2-26,33,39-48,58-60H,27-32H2,1H3,(H,53,61)(H,54,62)/t33-,39+,40-,41+,42-,43+,44-,45+,46+,47+,48?/m0/s1. The van der Waals surface area contributed by atoms with E-state index in [0.29, 0.717) is 11.1 Å². The van der Waals surface area contributed by atoms with Crippen molar-refractivity contribution < 1.29 is 58.1 Å². The topological polar surface area (TPSA) is 243 Å².